The second-order valence-electron chi connectivity index (χ2n) is 7.08. The highest BCUT2D eigenvalue weighted by Crippen LogP contribution is 2.32. The number of carbonyl (C=O) groups is 3. The molecule has 0 bridgehead atoms. The molecule has 4 rings (SSSR count). The second kappa shape index (κ2) is 9.06. The van der Waals surface area contributed by atoms with Gasteiger partial charge in [0.15, 0.2) is 0 Å². The van der Waals surface area contributed by atoms with Crippen LogP contribution < -0.4 is 5.32 Å². The van der Waals surface area contributed by atoms with E-state index in [1.807, 2.05) is 30.5 Å². The number of hydrogen-bond acceptors (Lipinski definition) is 6. The van der Waals surface area contributed by atoms with Crippen molar-refractivity contribution in [1.82, 2.24) is 15.2 Å². The zero-order chi connectivity index (χ0) is 22.7. The van der Waals surface area contributed by atoms with Crippen LogP contribution in [0.4, 0.5) is 10.5 Å². The molecule has 1 aromatic heterocycles. The molecule has 1 aliphatic heterocycles. The molecule has 1 aliphatic rings. The van der Waals surface area contributed by atoms with Gasteiger partial charge in [-0.1, -0.05) is 18.2 Å². The van der Waals surface area contributed by atoms with Crippen molar-refractivity contribution in [3.05, 3.63) is 80.9 Å². The summed E-state index contributed by atoms with van der Waals surface area (Å²) in [7, 11) is 0. The van der Waals surface area contributed by atoms with Gasteiger partial charge in [-0.15, -0.1) is 0 Å². The first-order valence-corrected chi connectivity index (χ1v) is 10.6. The Morgan fingerprint density at radius 3 is 2.66 bits per heavy atom. The van der Waals surface area contributed by atoms with Crippen LogP contribution in [0.2, 0.25) is 0 Å². The van der Waals surface area contributed by atoms with Crippen molar-refractivity contribution < 1.29 is 19.3 Å². The van der Waals surface area contributed by atoms with Crippen LogP contribution in [0.1, 0.15) is 11.1 Å². The lowest BCUT2D eigenvalue weighted by molar-refractivity contribution is -0.384. The normalized spacial score (nSPS) is 15.0. The summed E-state index contributed by atoms with van der Waals surface area (Å²) < 4.78 is 0. The van der Waals surface area contributed by atoms with Crippen LogP contribution in [-0.4, -0.2) is 45.0 Å². The molecule has 3 amide bonds. The summed E-state index contributed by atoms with van der Waals surface area (Å²) in [5.41, 5.74) is 2.56. The summed E-state index contributed by atoms with van der Waals surface area (Å²) in [4.78, 5) is 51.5. The minimum absolute atomic E-state index is 0.0698. The van der Waals surface area contributed by atoms with E-state index in [9.17, 15) is 24.5 Å². The summed E-state index contributed by atoms with van der Waals surface area (Å²) in [6.07, 6.45) is 3.98. The molecule has 9 nitrogen and oxygen atoms in total. The highest BCUT2D eigenvalue weighted by molar-refractivity contribution is 8.18. The van der Waals surface area contributed by atoms with E-state index in [1.54, 1.807) is 0 Å². The minimum Gasteiger partial charge on any atom is -0.361 e. The quantitative estimate of drug-likeness (QED) is 0.323. The van der Waals surface area contributed by atoms with E-state index < -0.39 is 22.0 Å². The summed E-state index contributed by atoms with van der Waals surface area (Å²) in [6.45, 7) is 0.00564. The maximum Gasteiger partial charge on any atom is 0.294 e. The molecule has 2 aromatic carbocycles. The Labute approximate surface area is 186 Å². The number of rotatable bonds is 7. The van der Waals surface area contributed by atoms with Crippen molar-refractivity contribution in [3.8, 4) is 0 Å². The van der Waals surface area contributed by atoms with E-state index in [0.29, 0.717) is 18.5 Å². The van der Waals surface area contributed by atoms with Crippen molar-refractivity contribution in [2.75, 3.05) is 13.1 Å². The number of nitrogens with one attached hydrogen (secondary N) is 2. The van der Waals surface area contributed by atoms with Gasteiger partial charge in [0.25, 0.3) is 16.8 Å². The Hall–Kier alpha value is -3.92. The first-order chi connectivity index (χ1) is 15.4. The molecule has 0 atom stereocenters. The number of nitrogens with zero attached hydrogens (tertiary/aromatic N) is 2. The summed E-state index contributed by atoms with van der Waals surface area (Å²) >= 11 is 0.733. The second-order valence-corrected chi connectivity index (χ2v) is 8.07. The number of imide groups is 1. The fourth-order valence-corrected chi connectivity index (χ4v) is 4.19. The van der Waals surface area contributed by atoms with Crippen LogP contribution in [0.5, 0.6) is 0 Å². The molecule has 162 valence electrons. The van der Waals surface area contributed by atoms with Gasteiger partial charge in [0, 0.05) is 35.8 Å². The van der Waals surface area contributed by atoms with E-state index >= 15 is 0 Å². The van der Waals surface area contributed by atoms with Gasteiger partial charge in [0.2, 0.25) is 5.91 Å². The zero-order valence-corrected chi connectivity index (χ0v) is 17.6. The Morgan fingerprint density at radius 2 is 1.91 bits per heavy atom. The van der Waals surface area contributed by atoms with Crippen LogP contribution >= 0.6 is 11.8 Å². The topological polar surface area (TPSA) is 125 Å². The summed E-state index contributed by atoms with van der Waals surface area (Å²) in [5, 5.41) is 14.0. The maximum absolute atomic E-state index is 12.6. The van der Waals surface area contributed by atoms with Gasteiger partial charge in [-0.3, -0.25) is 29.4 Å². The van der Waals surface area contributed by atoms with Crippen LogP contribution in [0, 0.1) is 10.1 Å². The number of nitro benzene ring substituents is 1. The first-order valence-electron chi connectivity index (χ1n) is 9.74. The zero-order valence-electron chi connectivity index (χ0n) is 16.7. The molecule has 0 aliphatic carbocycles. The highest BCUT2D eigenvalue weighted by atomic mass is 32.2. The number of carbonyl (C=O) groups excluding carboxylic acids is 3. The van der Waals surface area contributed by atoms with Crippen molar-refractivity contribution >= 4 is 51.5 Å². The van der Waals surface area contributed by atoms with Crippen molar-refractivity contribution in [2.45, 2.75) is 6.42 Å². The maximum atomic E-state index is 12.6. The number of aromatic nitrogens is 1. The lowest BCUT2D eigenvalue weighted by Gasteiger charge is -2.12. The molecule has 2 N–H and O–H groups in total. The minimum atomic E-state index is -0.565. The number of hydrogen-bond donors (Lipinski definition) is 2. The number of amides is 3. The average molecular weight is 450 g/mol. The molecule has 0 radical (unpaired) electrons. The highest BCUT2D eigenvalue weighted by Gasteiger charge is 2.36. The lowest BCUT2D eigenvalue weighted by Crippen LogP contribution is -2.40. The van der Waals surface area contributed by atoms with Crippen LogP contribution in [-0.2, 0) is 16.0 Å². The molecule has 3 aromatic rings. The molecule has 0 unspecified atom stereocenters. The fourth-order valence-electron chi connectivity index (χ4n) is 3.35. The fraction of sp³-hybridized carbons (Fsp3) is 0.136. The number of H-pyrrole nitrogens is 1. The van der Waals surface area contributed by atoms with E-state index in [4.69, 9.17) is 0 Å². The predicted octanol–water partition coefficient (Wildman–Crippen LogP) is 3.47. The van der Waals surface area contributed by atoms with E-state index in [2.05, 4.69) is 10.3 Å². The van der Waals surface area contributed by atoms with Gasteiger partial charge in [-0.2, -0.15) is 0 Å². The Balaban J connectivity index is 1.33. The SMILES string of the molecule is O=C(CN1C(=O)S/C(=C\c2ccc([N+](=O)[O-])cc2)C1=O)NCCc1c[nH]c2ccccc12. The molecular formula is C22H18N4O5S. The number of thioether (sulfide) groups is 1. The van der Waals surface area contributed by atoms with Crippen LogP contribution in [0.3, 0.4) is 0 Å². The Kier molecular flexibility index (Phi) is 6.04. The average Bonchev–Trinajstić information content (AvgIpc) is 3.30. The largest absolute Gasteiger partial charge is 0.361 e. The van der Waals surface area contributed by atoms with Crippen LogP contribution in [0.25, 0.3) is 17.0 Å². The molecule has 0 saturated carbocycles. The van der Waals surface area contributed by atoms with Crippen molar-refractivity contribution in [1.29, 1.82) is 0 Å². The summed E-state index contributed by atoms with van der Waals surface area (Å²) in [5.74, 6) is -0.992. The van der Waals surface area contributed by atoms with E-state index in [1.165, 1.54) is 30.3 Å². The number of non-ortho nitro benzene ring substituents is 1. The van der Waals surface area contributed by atoms with Gasteiger partial charge in [0.05, 0.1) is 9.83 Å². The van der Waals surface area contributed by atoms with Gasteiger partial charge in [-0.25, -0.2) is 0 Å². The molecule has 2 heterocycles. The molecule has 10 heteroatoms. The van der Waals surface area contributed by atoms with Crippen LogP contribution in [0.15, 0.2) is 59.6 Å². The summed E-state index contributed by atoms with van der Waals surface area (Å²) in [6, 6.07) is 13.5. The molecule has 0 spiro atoms. The number of para-hydroxylation sites is 1. The van der Waals surface area contributed by atoms with Gasteiger partial charge in [0.1, 0.15) is 6.54 Å². The molecule has 32 heavy (non-hydrogen) atoms. The molecule has 1 fully saturated rings. The molecular weight excluding hydrogens is 432 g/mol. The van der Waals surface area contributed by atoms with E-state index in [-0.39, 0.29) is 17.1 Å². The Bertz CT molecular complexity index is 1250. The Morgan fingerprint density at radius 1 is 1.16 bits per heavy atom. The monoisotopic (exact) mass is 450 g/mol. The van der Waals surface area contributed by atoms with Gasteiger partial charge >= 0.3 is 0 Å². The predicted molar refractivity (Wildman–Crippen MR) is 121 cm³/mol. The third kappa shape index (κ3) is 4.54. The standard InChI is InChI=1S/C22H18N4O5S/c27-20(23-10-9-15-12-24-18-4-2-1-3-17(15)18)13-25-21(28)19(32-22(25)29)11-14-5-7-16(8-6-14)26(30)31/h1-8,11-12,24H,9-10,13H2,(H,23,27)/b19-11-. The number of fused-ring (bicyclic) bond motifs is 1. The third-order valence-corrected chi connectivity index (χ3v) is 5.88. The van der Waals surface area contributed by atoms with Crippen molar-refractivity contribution in [3.63, 3.8) is 0 Å². The smallest absolute Gasteiger partial charge is 0.294 e. The first kappa shape index (κ1) is 21.3. The number of nitro groups is 1. The van der Waals surface area contributed by atoms with Gasteiger partial charge < -0.3 is 10.3 Å². The molecule has 1 saturated heterocycles. The number of aromatic amines is 1. The van der Waals surface area contributed by atoms with Gasteiger partial charge in [-0.05, 0) is 53.6 Å². The van der Waals surface area contributed by atoms with Crippen molar-refractivity contribution in [2.24, 2.45) is 0 Å². The van der Waals surface area contributed by atoms with E-state index in [0.717, 1.165) is 33.1 Å². The number of benzene rings is 2. The lowest BCUT2D eigenvalue weighted by atomic mass is 10.1. The third-order valence-electron chi connectivity index (χ3n) is 4.97.